The maximum Gasteiger partial charge on any atom is 0.241 e. The van der Waals surface area contributed by atoms with E-state index in [1.165, 1.54) is 0 Å². The highest BCUT2D eigenvalue weighted by atomic mass is 16.2. The molecule has 0 aromatic heterocycles. The molecule has 0 saturated carbocycles. The largest absolute Gasteiger partial charge is 0.326 e. The summed E-state index contributed by atoms with van der Waals surface area (Å²) in [4.78, 5) is 14.2. The number of nitrogens with zero attached hydrogens (tertiary/aromatic N) is 1. The third-order valence-electron chi connectivity index (χ3n) is 3.21. The van der Waals surface area contributed by atoms with Crippen molar-refractivity contribution in [2.45, 2.75) is 65.6 Å². The van der Waals surface area contributed by atoms with E-state index >= 15 is 0 Å². The van der Waals surface area contributed by atoms with E-state index in [0.717, 1.165) is 32.2 Å². The molecule has 1 aliphatic rings. The minimum Gasteiger partial charge on any atom is -0.326 e. The molecule has 1 rings (SSSR count). The third kappa shape index (κ3) is 3.21. The summed E-state index contributed by atoms with van der Waals surface area (Å²) in [7, 11) is 0. The van der Waals surface area contributed by atoms with Gasteiger partial charge in [-0.2, -0.15) is 0 Å². The van der Waals surface area contributed by atoms with Crippen LogP contribution in [-0.2, 0) is 4.79 Å². The molecule has 0 bridgehead atoms. The second-order valence-corrected chi connectivity index (χ2v) is 5.16. The first-order valence-electron chi connectivity index (χ1n) is 6.66. The van der Waals surface area contributed by atoms with Gasteiger partial charge in [0.1, 0.15) is 0 Å². The van der Waals surface area contributed by atoms with E-state index < -0.39 is 0 Å². The van der Waals surface area contributed by atoms with Gasteiger partial charge in [0.25, 0.3) is 0 Å². The van der Waals surface area contributed by atoms with Crippen LogP contribution < -0.4 is 5.32 Å². The molecule has 0 spiro atoms. The summed E-state index contributed by atoms with van der Waals surface area (Å²) in [6, 6.07) is 0.0561. The molecule has 0 aromatic carbocycles. The Morgan fingerprint density at radius 1 is 1.38 bits per heavy atom. The second-order valence-electron chi connectivity index (χ2n) is 5.16. The Morgan fingerprint density at radius 2 is 2.06 bits per heavy atom. The van der Waals surface area contributed by atoms with Crippen LogP contribution in [0.25, 0.3) is 0 Å². The molecule has 2 atom stereocenters. The van der Waals surface area contributed by atoms with Gasteiger partial charge >= 0.3 is 0 Å². The smallest absolute Gasteiger partial charge is 0.241 e. The molecule has 94 valence electrons. The van der Waals surface area contributed by atoms with Gasteiger partial charge in [-0.25, -0.2) is 0 Å². The van der Waals surface area contributed by atoms with Crippen LogP contribution in [0, 0.1) is 5.92 Å². The van der Waals surface area contributed by atoms with Gasteiger partial charge in [-0.15, -0.1) is 0 Å². The van der Waals surface area contributed by atoms with E-state index in [2.05, 4.69) is 37.9 Å². The first-order valence-corrected chi connectivity index (χ1v) is 6.66. The zero-order valence-electron chi connectivity index (χ0n) is 11.1. The van der Waals surface area contributed by atoms with Gasteiger partial charge in [0.15, 0.2) is 0 Å². The van der Waals surface area contributed by atoms with Crippen molar-refractivity contribution < 1.29 is 4.79 Å². The van der Waals surface area contributed by atoms with E-state index in [0.29, 0.717) is 11.8 Å². The summed E-state index contributed by atoms with van der Waals surface area (Å²) in [5, 5.41) is 3.46. The highest BCUT2D eigenvalue weighted by molar-refractivity contribution is 5.84. The molecule has 1 N–H and O–H groups in total. The van der Waals surface area contributed by atoms with Gasteiger partial charge in [0.05, 0.1) is 12.2 Å². The number of rotatable bonds is 6. The fourth-order valence-electron chi connectivity index (χ4n) is 2.28. The van der Waals surface area contributed by atoms with Crippen molar-refractivity contribution in [2.24, 2.45) is 5.92 Å². The van der Waals surface area contributed by atoms with Crippen LogP contribution >= 0.6 is 0 Å². The maximum absolute atomic E-state index is 12.1. The van der Waals surface area contributed by atoms with Crippen LogP contribution in [0.2, 0.25) is 0 Å². The van der Waals surface area contributed by atoms with Crippen molar-refractivity contribution >= 4 is 5.91 Å². The lowest BCUT2D eigenvalue weighted by atomic mass is 10.1. The highest BCUT2D eigenvalue weighted by Gasteiger charge is 2.37. The van der Waals surface area contributed by atoms with E-state index in [4.69, 9.17) is 0 Å². The molecule has 2 unspecified atom stereocenters. The van der Waals surface area contributed by atoms with Gasteiger partial charge in [-0.05, 0) is 25.2 Å². The highest BCUT2D eigenvalue weighted by Crippen LogP contribution is 2.19. The molecule has 16 heavy (non-hydrogen) atoms. The zero-order chi connectivity index (χ0) is 12.1. The minimum atomic E-state index is 0.0561. The summed E-state index contributed by atoms with van der Waals surface area (Å²) < 4.78 is 0. The van der Waals surface area contributed by atoms with Crippen molar-refractivity contribution in [2.75, 3.05) is 6.54 Å². The van der Waals surface area contributed by atoms with Crippen molar-refractivity contribution in [3.05, 3.63) is 0 Å². The molecule has 0 aromatic rings. The fourth-order valence-corrected chi connectivity index (χ4v) is 2.28. The molecule has 1 saturated heterocycles. The molecule has 1 fully saturated rings. The average Bonchev–Trinajstić information content (AvgIpc) is 2.52. The SMILES string of the molecule is CCCCN1C(=O)C(CC)NC1CC(C)C. The molecule has 3 nitrogen and oxygen atoms in total. The topological polar surface area (TPSA) is 32.3 Å². The Morgan fingerprint density at radius 3 is 2.56 bits per heavy atom. The third-order valence-corrected chi connectivity index (χ3v) is 3.21. The van der Waals surface area contributed by atoms with Gasteiger partial charge < -0.3 is 4.90 Å². The summed E-state index contributed by atoms with van der Waals surface area (Å²) in [5.74, 6) is 0.937. The van der Waals surface area contributed by atoms with Crippen molar-refractivity contribution in [3.63, 3.8) is 0 Å². The molecular formula is C13H26N2O. The van der Waals surface area contributed by atoms with Crippen LogP contribution in [0.5, 0.6) is 0 Å². The molecule has 3 heteroatoms. The van der Waals surface area contributed by atoms with Gasteiger partial charge in [0.2, 0.25) is 5.91 Å². The molecule has 1 heterocycles. The molecule has 0 radical (unpaired) electrons. The van der Waals surface area contributed by atoms with Crippen molar-refractivity contribution in [3.8, 4) is 0 Å². The molecule has 1 amide bonds. The average molecular weight is 226 g/mol. The maximum atomic E-state index is 12.1. The van der Waals surface area contributed by atoms with Crippen LogP contribution in [0.1, 0.15) is 53.4 Å². The molecular weight excluding hydrogens is 200 g/mol. The van der Waals surface area contributed by atoms with Crippen LogP contribution in [-0.4, -0.2) is 29.6 Å². The molecule has 1 aliphatic heterocycles. The lowest BCUT2D eigenvalue weighted by Gasteiger charge is -2.25. The predicted molar refractivity (Wildman–Crippen MR) is 67.1 cm³/mol. The number of carbonyl (C=O) groups excluding carboxylic acids is 1. The Bertz CT molecular complexity index is 228. The van der Waals surface area contributed by atoms with Crippen molar-refractivity contribution in [1.29, 1.82) is 0 Å². The Balaban J connectivity index is 2.61. The normalized spacial score (nSPS) is 25.8. The van der Waals surface area contributed by atoms with Crippen LogP contribution in [0.4, 0.5) is 0 Å². The number of amides is 1. The lowest BCUT2D eigenvalue weighted by molar-refractivity contribution is -0.130. The van der Waals surface area contributed by atoms with E-state index in [1.54, 1.807) is 0 Å². The Hall–Kier alpha value is -0.570. The number of nitrogens with one attached hydrogen (secondary N) is 1. The lowest BCUT2D eigenvalue weighted by Crippen LogP contribution is -2.39. The van der Waals surface area contributed by atoms with E-state index in [9.17, 15) is 4.79 Å². The summed E-state index contributed by atoms with van der Waals surface area (Å²) in [5.41, 5.74) is 0. The second kappa shape index (κ2) is 6.24. The monoisotopic (exact) mass is 226 g/mol. The van der Waals surface area contributed by atoms with Gasteiger partial charge in [-0.3, -0.25) is 10.1 Å². The first-order chi connectivity index (χ1) is 7.60. The Kier molecular flexibility index (Phi) is 5.26. The quantitative estimate of drug-likeness (QED) is 0.754. The number of hydrogen-bond donors (Lipinski definition) is 1. The summed E-state index contributed by atoms with van der Waals surface area (Å²) in [6.45, 7) is 9.58. The Labute approximate surface area is 99.6 Å². The predicted octanol–water partition coefficient (Wildman–Crippen LogP) is 2.37. The summed E-state index contributed by atoms with van der Waals surface area (Å²) >= 11 is 0. The number of carbonyl (C=O) groups is 1. The standard InChI is InChI=1S/C13H26N2O/c1-5-7-8-15-12(9-10(3)4)14-11(6-2)13(15)16/h10-12,14H,5-9H2,1-4H3. The zero-order valence-corrected chi connectivity index (χ0v) is 11.1. The number of unbranched alkanes of at least 4 members (excludes halogenated alkanes) is 1. The minimum absolute atomic E-state index is 0.0561. The fraction of sp³-hybridized carbons (Fsp3) is 0.923. The van der Waals surface area contributed by atoms with E-state index in [1.807, 2.05) is 0 Å². The summed E-state index contributed by atoms with van der Waals surface area (Å²) in [6.07, 6.45) is 4.49. The first kappa shape index (κ1) is 13.5. The van der Waals surface area contributed by atoms with Crippen molar-refractivity contribution in [1.82, 2.24) is 10.2 Å². The van der Waals surface area contributed by atoms with Crippen LogP contribution in [0.15, 0.2) is 0 Å². The van der Waals surface area contributed by atoms with Gasteiger partial charge in [-0.1, -0.05) is 34.1 Å². The number of hydrogen-bond acceptors (Lipinski definition) is 2. The van der Waals surface area contributed by atoms with Gasteiger partial charge in [0, 0.05) is 6.54 Å². The van der Waals surface area contributed by atoms with E-state index in [-0.39, 0.29) is 12.2 Å². The molecule has 0 aliphatic carbocycles. The van der Waals surface area contributed by atoms with Crippen LogP contribution in [0.3, 0.4) is 0 Å².